The minimum Gasteiger partial charge on any atom is -0.248 e. The molecule has 0 aliphatic heterocycles. The van der Waals surface area contributed by atoms with E-state index in [2.05, 4.69) is 26.3 Å². The maximum atomic E-state index is 13.5. The molecule has 0 spiro atoms. The fraction of sp³-hybridized carbons (Fsp3) is 0.308. The number of fused-ring (bicyclic) bond motifs is 1. The average molecular weight is 246 g/mol. The van der Waals surface area contributed by atoms with Crippen molar-refractivity contribution >= 4 is 20.3 Å². The third-order valence-electron chi connectivity index (χ3n) is 3.19. The Balaban J connectivity index is 2.00. The normalized spacial score (nSPS) is 15.4. The predicted molar refractivity (Wildman–Crippen MR) is 69.0 cm³/mol. The van der Waals surface area contributed by atoms with Crippen LogP contribution in [0, 0.1) is 23.7 Å². The molecule has 1 atom stereocenters. The quantitative estimate of drug-likeness (QED) is 0.516. The first-order valence-electron chi connectivity index (χ1n) is 5.69. The van der Waals surface area contributed by atoms with Gasteiger partial charge in [0.15, 0.2) is 0 Å². The van der Waals surface area contributed by atoms with E-state index >= 15 is 0 Å². The standard InChI is InChI=1S/C13H12FN2P/c14-13-11-8-10(5-4-9-2-1-3-9)6-7-12(11)16(17)15-13/h6-9H,1-3,17H2. The number of halogens is 1. The lowest BCUT2D eigenvalue weighted by Crippen LogP contribution is -2.07. The van der Waals surface area contributed by atoms with Crippen molar-refractivity contribution in [2.75, 3.05) is 0 Å². The lowest BCUT2D eigenvalue weighted by Gasteiger charge is -2.18. The van der Waals surface area contributed by atoms with Crippen molar-refractivity contribution in [3.8, 4) is 11.8 Å². The first kappa shape index (κ1) is 10.7. The molecule has 1 heterocycles. The molecule has 2 aromatic rings. The molecular weight excluding hydrogens is 234 g/mol. The number of hydrogen-bond acceptors (Lipinski definition) is 1. The lowest BCUT2D eigenvalue weighted by molar-refractivity contribution is 0.401. The van der Waals surface area contributed by atoms with Crippen LogP contribution in [-0.2, 0) is 0 Å². The van der Waals surface area contributed by atoms with E-state index in [0.717, 1.165) is 11.1 Å². The van der Waals surface area contributed by atoms with Crippen LogP contribution < -0.4 is 0 Å². The van der Waals surface area contributed by atoms with E-state index < -0.39 is 5.95 Å². The average Bonchev–Trinajstić information content (AvgIpc) is 2.53. The molecule has 1 unspecified atom stereocenters. The highest BCUT2D eigenvalue weighted by Crippen LogP contribution is 2.25. The van der Waals surface area contributed by atoms with E-state index in [4.69, 9.17) is 0 Å². The Bertz CT molecular complexity index is 632. The SMILES string of the molecule is Fc1nn(P)c2ccc(C#CC3CCC3)cc12. The van der Waals surface area contributed by atoms with Crippen LogP contribution in [-0.4, -0.2) is 9.55 Å². The van der Waals surface area contributed by atoms with Gasteiger partial charge < -0.3 is 0 Å². The summed E-state index contributed by atoms with van der Waals surface area (Å²) in [5.74, 6) is 6.44. The molecular formula is C13H12FN2P. The Hall–Kier alpha value is -1.39. The van der Waals surface area contributed by atoms with Crippen LogP contribution in [0.4, 0.5) is 4.39 Å². The molecule has 2 nitrogen and oxygen atoms in total. The molecule has 1 aromatic heterocycles. The van der Waals surface area contributed by atoms with Crippen molar-refractivity contribution in [1.82, 2.24) is 9.55 Å². The molecule has 86 valence electrons. The minimum absolute atomic E-state index is 0.442. The van der Waals surface area contributed by atoms with E-state index in [0.29, 0.717) is 11.3 Å². The minimum atomic E-state index is -0.442. The second kappa shape index (κ2) is 4.13. The van der Waals surface area contributed by atoms with Gasteiger partial charge in [-0.05, 0) is 40.4 Å². The summed E-state index contributed by atoms with van der Waals surface area (Å²) in [6.07, 6.45) is 3.69. The summed E-state index contributed by atoms with van der Waals surface area (Å²) in [4.78, 5) is 0. The van der Waals surface area contributed by atoms with E-state index in [1.54, 1.807) is 6.07 Å². The molecule has 4 heteroatoms. The van der Waals surface area contributed by atoms with Crippen molar-refractivity contribution in [3.63, 3.8) is 0 Å². The summed E-state index contributed by atoms with van der Waals surface area (Å²) in [7, 11) is 2.37. The third kappa shape index (κ3) is 1.94. The fourth-order valence-electron chi connectivity index (χ4n) is 1.92. The van der Waals surface area contributed by atoms with Gasteiger partial charge in [0.1, 0.15) is 0 Å². The molecule has 0 bridgehead atoms. The van der Waals surface area contributed by atoms with Gasteiger partial charge in [0.2, 0.25) is 5.95 Å². The largest absolute Gasteiger partial charge is 0.248 e. The molecule has 1 aromatic carbocycles. The summed E-state index contributed by atoms with van der Waals surface area (Å²) in [5.41, 5.74) is 1.63. The summed E-state index contributed by atoms with van der Waals surface area (Å²) >= 11 is 0. The summed E-state index contributed by atoms with van der Waals surface area (Å²) < 4.78 is 14.9. The van der Waals surface area contributed by atoms with Crippen molar-refractivity contribution < 1.29 is 4.39 Å². The lowest BCUT2D eigenvalue weighted by atomic mass is 9.86. The second-order valence-corrected chi connectivity index (χ2v) is 4.85. The highest BCUT2D eigenvalue weighted by Gasteiger charge is 2.14. The smallest absolute Gasteiger partial charge is 0.240 e. The van der Waals surface area contributed by atoms with Gasteiger partial charge in [0.05, 0.1) is 10.9 Å². The van der Waals surface area contributed by atoms with Gasteiger partial charge in [-0.2, -0.15) is 4.39 Å². The van der Waals surface area contributed by atoms with Gasteiger partial charge >= 0.3 is 0 Å². The third-order valence-corrected chi connectivity index (χ3v) is 3.58. The van der Waals surface area contributed by atoms with Crippen LogP contribution in [0.15, 0.2) is 18.2 Å². The van der Waals surface area contributed by atoms with Crippen LogP contribution in [0.3, 0.4) is 0 Å². The van der Waals surface area contributed by atoms with Gasteiger partial charge in [0, 0.05) is 11.5 Å². The van der Waals surface area contributed by atoms with Crippen molar-refractivity contribution in [3.05, 3.63) is 29.7 Å². The van der Waals surface area contributed by atoms with Gasteiger partial charge in [-0.1, -0.05) is 18.3 Å². The number of rotatable bonds is 0. The number of nitrogens with zero attached hydrogens (tertiary/aromatic N) is 2. The van der Waals surface area contributed by atoms with Crippen LogP contribution in [0.25, 0.3) is 10.9 Å². The van der Waals surface area contributed by atoms with Crippen LogP contribution >= 0.6 is 9.39 Å². The summed E-state index contributed by atoms with van der Waals surface area (Å²) in [5, 5.41) is 4.25. The first-order valence-corrected chi connectivity index (χ1v) is 6.20. The fourth-order valence-corrected chi connectivity index (χ4v) is 2.25. The molecule has 17 heavy (non-hydrogen) atoms. The number of aromatic nitrogens is 2. The van der Waals surface area contributed by atoms with Crippen LogP contribution in [0.5, 0.6) is 0 Å². The molecule has 0 amide bonds. The van der Waals surface area contributed by atoms with Crippen LogP contribution in [0.1, 0.15) is 24.8 Å². The maximum absolute atomic E-state index is 13.5. The maximum Gasteiger partial charge on any atom is 0.240 e. The Labute approximate surface area is 101 Å². The van der Waals surface area contributed by atoms with Gasteiger partial charge in [0.25, 0.3) is 0 Å². The molecule has 1 aliphatic rings. The Morgan fingerprint density at radius 3 is 2.94 bits per heavy atom. The second-order valence-electron chi connectivity index (χ2n) is 4.36. The van der Waals surface area contributed by atoms with Crippen molar-refractivity contribution in [2.45, 2.75) is 19.3 Å². The molecule has 1 aliphatic carbocycles. The van der Waals surface area contributed by atoms with E-state index in [-0.39, 0.29) is 0 Å². The molecule has 1 fully saturated rings. The summed E-state index contributed by atoms with van der Waals surface area (Å²) in [6.45, 7) is 0. The first-order chi connectivity index (χ1) is 8.24. The molecule has 0 saturated heterocycles. The number of hydrogen-bond donors (Lipinski definition) is 0. The highest BCUT2D eigenvalue weighted by molar-refractivity contribution is 7.14. The Kier molecular flexibility index (Phi) is 2.61. The van der Waals surface area contributed by atoms with E-state index in [9.17, 15) is 4.39 Å². The van der Waals surface area contributed by atoms with E-state index in [1.807, 2.05) is 12.1 Å². The van der Waals surface area contributed by atoms with Crippen molar-refractivity contribution in [1.29, 1.82) is 0 Å². The highest BCUT2D eigenvalue weighted by atomic mass is 31.0. The van der Waals surface area contributed by atoms with Crippen LogP contribution in [0.2, 0.25) is 0 Å². The Morgan fingerprint density at radius 2 is 2.24 bits per heavy atom. The van der Waals surface area contributed by atoms with E-state index in [1.165, 1.54) is 23.7 Å². The van der Waals surface area contributed by atoms with Gasteiger partial charge in [-0.3, -0.25) is 0 Å². The summed E-state index contributed by atoms with van der Waals surface area (Å²) in [6, 6.07) is 5.53. The molecule has 0 N–H and O–H groups in total. The monoisotopic (exact) mass is 246 g/mol. The number of benzene rings is 1. The zero-order chi connectivity index (χ0) is 11.8. The van der Waals surface area contributed by atoms with Crippen molar-refractivity contribution in [2.24, 2.45) is 5.92 Å². The molecule has 1 saturated carbocycles. The zero-order valence-corrected chi connectivity index (χ0v) is 10.4. The molecule has 3 rings (SSSR count). The molecule has 0 radical (unpaired) electrons. The predicted octanol–water partition coefficient (Wildman–Crippen LogP) is 2.97. The topological polar surface area (TPSA) is 17.8 Å². The zero-order valence-electron chi connectivity index (χ0n) is 9.28. The van der Waals surface area contributed by atoms with Gasteiger partial charge in [-0.25, -0.2) is 4.45 Å². The Morgan fingerprint density at radius 1 is 1.41 bits per heavy atom. The van der Waals surface area contributed by atoms with Gasteiger partial charge in [-0.15, -0.1) is 5.10 Å².